The zero-order valence-electron chi connectivity index (χ0n) is 17.6. The highest BCUT2D eigenvalue weighted by atomic mass is 32.2. The van der Waals surface area contributed by atoms with Crippen LogP contribution in [0.15, 0.2) is 47.4 Å². The molecule has 2 rings (SSSR count). The third kappa shape index (κ3) is 7.67. The number of anilines is 1. The van der Waals surface area contributed by atoms with Gasteiger partial charge in [0.05, 0.1) is 28.5 Å². The van der Waals surface area contributed by atoms with Crippen LogP contribution >= 0.6 is 11.8 Å². The van der Waals surface area contributed by atoms with Gasteiger partial charge >= 0.3 is 5.97 Å². The average molecular weight is 461 g/mol. The summed E-state index contributed by atoms with van der Waals surface area (Å²) in [7, 11) is 1.54. The summed E-state index contributed by atoms with van der Waals surface area (Å²) in [6, 6.07) is 10.7. The SMILES string of the molecule is COCCNC(=O)CSc1ccccc1C(=O)OCC(=O)Nc1cc([N+](=O)[O-])ccc1C. The van der Waals surface area contributed by atoms with Gasteiger partial charge in [0.2, 0.25) is 5.91 Å². The lowest BCUT2D eigenvalue weighted by atomic mass is 10.2. The molecule has 170 valence electrons. The quantitative estimate of drug-likeness (QED) is 0.171. The Morgan fingerprint density at radius 3 is 2.59 bits per heavy atom. The maximum absolute atomic E-state index is 12.5. The highest BCUT2D eigenvalue weighted by Crippen LogP contribution is 2.24. The van der Waals surface area contributed by atoms with E-state index in [0.717, 1.165) is 0 Å². The number of rotatable bonds is 11. The Kier molecular flexibility index (Phi) is 9.64. The van der Waals surface area contributed by atoms with Crippen molar-refractivity contribution in [3.63, 3.8) is 0 Å². The van der Waals surface area contributed by atoms with Crippen molar-refractivity contribution < 1.29 is 28.8 Å². The molecule has 0 radical (unpaired) electrons. The molecule has 0 aliphatic heterocycles. The van der Waals surface area contributed by atoms with Gasteiger partial charge in [0, 0.05) is 30.7 Å². The number of nitrogens with zero attached hydrogens (tertiary/aromatic N) is 1. The summed E-state index contributed by atoms with van der Waals surface area (Å²) in [4.78, 5) is 47.4. The Bertz CT molecular complexity index is 997. The molecule has 0 aromatic heterocycles. The first-order chi connectivity index (χ1) is 15.3. The maximum atomic E-state index is 12.5. The second kappa shape index (κ2) is 12.4. The summed E-state index contributed by atoms with van der Waals surface area (Å²) in [6.07, 6.45) is 0. The fourth-order valence-electron chi connectivity index (χ4n) is 2.50. The Balaban J connectivity index is 1.93. The van der Waals surface area contributed by atoms with Crippen LogP contribution in [0.3, 0.4) is 0 Å². The van der Waals surface area contributed by atoms with Gasteiger partial charge in [0.25, 0.3) is 11.6 Å². The van der Waals surface area contributed by atoms with E-state index in [9.17, 15) is 24.5 Å². The van der Waals surface area contributed by atoms with Crippen LogP contribution in [0.25, 0.3) is 0 Å². The van der Waals surface area contributed by atoms with Crippen LogP contribution in [0.5, 0.6) is 0 Å². The minimum absolute atomic E-state index is 0.0978. The molecule has 2 aromatic rings. The number of nitro benzene ring substituents is 1. The number of aryl methyl sites for hydroxylation is 1. The molecule has 2 aromatic carbocycles. The van der Waals surface area contributed by atoms with Crippen LogP contribution in [0.2, 0.25) is 0 Å². The number of non-ortho nitro benzene ring substituents is 1. The Morgan fingerprint density at radius 1 is 1.12 bits per heavy atom. The van der Waals surface area contributed by atoms with Crippen LogP contribution in [-0.4, -0.2) is 55.3 Å². The highest BCUT2D eigenvalue weighted by Gasteiger charge is 2.17. The molecule has 2 amide bonds. The summed E-state index contributed by atoms with van der Waals surface area (Å²) >= 11 is 1.17. The molecule has 32 heavy (non-hydrogen) atoms. The van der Waals surface area contributed by atoms with E-state index in [4.69, 9.17) is 9.47 Å². The molecule has 0 saturated carbocycles. The van der Waals surface area contributed by atoms with Gasteiger partial charge in [-0.05, 0) is 24.6 Å². The second-order valence-corrected chi connectivity index (χ2v) is 7.53. The number of methoxy groups -OCH3 is 1. The fraction of sp³-hybridized carbons (Fsp3) is 0.286. The Hall–Kier alpha value is -3.44. The van der Waals surface area contributed by atoms with Gasteiger partial charge in [0.15, 0.2) is 6.61 Å². The first kappa shape index (κ1) is 24.8. The number of esters is 1. The first-order valence-electron chi connectivity index (χ1n) is 9.51. The van der Waals surface area contributed by atoms with E-state index >= 15 is 0 Å². The van der Waals surface area contributed by atoms with Crippen molar-refractivity contribution in [1.82, 2.24) is 5.32 Å². The van der Waals surface area contributed by atoms with E-state index in [1.807, 2.05) is 0 Å². The van der Waals surface area contributed by atoms with E-state index in [-0.39, 0.29) is 28.6 Å². The Morgan fingerprint density at radius 2 is 1.88 bits per heavy atom. The maximum Gasteiger partial charge on any atom is 0.339 e. The van der Waals surface area contributed by atoms with Crippen LogP contribution in [0.4, 0.5) is 11.4 Å². The predicted octanol–water partition coefficient (Wildman–Crippen LogP) is 2.55. The second-order valence-electron chi connectivity index (χ2n) is 6.51. The molecular weight excluding hydrogens is 438 g/mol. The van der Waals surface area contributed by atoms with Crippen LogP contribution < -0.4 is 10.6 Å². The molecule has 0 unspecified atom stereocenters. The third-order valence-electron chi connectivity index (χ3n) is 4.13. The molecule has 0 fully saturated rings. The van der Waals surface area contributed by atoms with Crippen molar-refractivity contribution in [2.24, 2.45) is 0 Å². The summed E-state index contributed by atoms with van der Waals surface area (Å²) in [5.41, 5.74) is 0.943. The van der Waals surface area contributed by atoms with Gasteiger partial charge in [-0.1, -0.05) is 18.2 Å². The molecule has 2 N–H and O–H groups in total. The van der Waals surface area contributed by atoms with E-state index in [1.54, 1.807) is 25.1 Å². The number of hydrogen-bond acceptors (Lipinski definition) is 8. The van der Waals surface area contributed by atoms with Crippen LogP contribution in [0, 0.1) is 17.0 Å². The molecule has 0 heterocycles. The van der Waals surface area contributed by atoms with Crippen LogP contribution in [0.1, 0.15) is 15.9 Å². The highest BCUT2D eigenvalue weighted by molar-refractivity contribution is 8.00. The van der Waals surface area contributed by atoms with Crippen molar-refractivity contribution in [3.05, 3.63) is 63.7 Å². The van der Waals surface area contributed by atoms with E-state index in [1.165, 1.54) is 43.1 Å². The monoisotopic (exact) mass is 461 g/mol. The summed E-state index contributed by atoms with van der Waals surface area (Å²) in [6.45, 7) is 1.90. The topological polar surface area (TPSA) is 137 Å². The number of hydrogen-bond donors (Lipinski definition) is 2. The molecule has 10 nitrogen and oxygen atoms in total. The van der Waals surface area contributed by atoms with E-state index in [0.29, 0.717) is 23.6 Å². The molecule has 0 spiro atoms. The van der Waals surface area contributed by atoms with Crippen molar-refractivity contribution in [2.75, 3.05) is 37.9 Å². The average Bonchev–Trinajstić information content (AvgIpc) is 2.77. The van der Waals surface area contributed by atoms with Gasteiger partial charge in [0.1, 0.15) is 0 Å². The molecular formula is C21H23N3O7S. The molecule has 0 aliphatic carbocycles. The third-order valence-corrected chi connectivity index (χ3v) is 5.21. The van der Waals surface area contributed by atoms with E-state index in [2.05, 4.69) is 10.6 Å². The molecule has 0 bridgehead atoms. The van der Waals surface area contributed by atoms with Crippen LogP contribution in [-0.2, 0) is 19.1 Å². The van der Waals surface area contributed by atoms with Gasteiger partial charge < -0.3 is 20.1 Å². The number of thioether (sulfide) groups is 1. The number of benzene rings is 2. The largest absolute Gasteiger partial charge is 0.452 e. The lowest BCUT2D eigenvalue weighted by Crippen LogP contribution is -2.28. The summed E-state index contributed by atoms with van der Waals surface area (Å²) in [5, 5.41) is 16.1. The number of amides is 2. The van der Waals surface area contributed by atoms with Gasteiger partial charge in [-0.15, -0.1) is 11.8 Å². The molecule has 0 saturated heterocycles. The van der Waals surface area contributed by atoms with Crippen molar-refractivity contribution in [1.29, 1.82) is 0 Å². The lowest BCUT2D eigenvalue weighted by Gasteiger charge is -2.11. The number of carbonyl (C=O) groups is 3. The van der Waals surface area contributed by atoms with Gasteiger partial charge in [-0.2, -0.15) is 0 Å². The Labute approximate surface area is 188 Å². The minimum Gasteiger partial charge on any atom is -0.452 e. The predicted molar refractivity (Wildman–Crippen MR) is 119 cm³/mol. The molecule has 11 heteroatoms. The summed E-state index contributed by atoms with van der Waals surface area (Å²) in [5.74, 6) is -1.47. The first-order valence-corrected chi connectivity index (χ1v) is 10.5. The number of nitrogens with one attached hydrogen (secondary N) is 2. The molecule has 0 atom stereocenters. The summed E-state index contributed by atoms with van der Waals surface area (Å²) < 4.78 is 9.96. The van der Waals surface area contributed by atoms with Crippen molar-refractivity contribution in [2.45, 2.75) is 11.8 Å². The van der Waals surface area contributed by atoms with Gasteiger partial charge in [-0.25, -0.2) is 4.79 Å². The standard InChI is InChI=1S/C21H23N3O7S/c1-14-7-8-15(24(28)29)11-17(14)23-19(25)12-31-21(27)16-5-3-4-6-18(16)32-13-20(26)22-9-10-30-2/h3-8,11H,9-10,12-13H2,1-2H3,(H,22,26)(H,23,25). The minimum atomic E-state index is -0.723. The zero-order chi connectivity index (χ0) is 23.5. The fourth-order valence-corrected chi connectivity index (χ4v) is 3.37. The van der Waals surface area contributed by atoms with Gasteiger partial charge in [-0.3, -0.25) is 19.7 Å². The zero-order valence-corrected chi connectivity index (χ0v) is 18.4. The van der Waals surface area contributed by atoms with Crippen molar-refractivity contribution >= 4 is 40.9 Å². The molecule has 0 aliphatic rings. The number of carbonyl (C=O) groups excluding carboxylic acids is 3. The normalized spacial score (nSPS) is 10.3. The lowest BCUT2D eigenvalue weighted by molar-refractivity contribution is -0.384. The smallest absolute Gasteiger partial charge is 0.339 e. The van der Waals surface area contributed by atoms with E-state index < -0.39 is 23.4 Å². The van der Waals surface area contributed by atoms with Crippen molar-refractivity contribution in [3.8, 4) is 0 Å². The number of ether oxygens (including phenoxy) is 2. The number of nitro groups is 1.